The summed E-state index contributed by atoms with van der Waals surface area (Å²) >= 11 is 13.1. The smallest absolute Gasteiger partial charge is 0.266 e. The molecule has 44 heavy (non-hydrogen) atoms. The first kappa shape index (κ1) is 30.0. The van der Waals surface area contributed by atoms with E-state index in [-0.39, 0.29) is 23.8 Å². The first-order valence-electron chi connectivity index (χ1n) is 15.1. The van der Waals surface area contributed by atoms with Gasteiger partial charge in [-0.15, -0.1) is 0 Å². The summed E-state index contributed by atoms with van der Waals surface area (Å²) in [7, 11) is -3.78. The van der Waals surface area contributed by atoms with Crippen LogP contribution < -0.4 is 9.62 Å². The summed E-state index contributed by atoms with van der Waals surface area (Å²) in [6.07, 6.45) is 6.20. The molecule has 4 heterocycles. The van der Waals surface area contributed by atoms with E-state index in [0.717, 1.165) is 42.8 Å². The molecule has 0 radical (unpaired) electrons. The minimum absolute atomic E-state index is 0.0585. The molecule has 1 aromatic carbocycles. The molecule has 13 heteroatoms. The van der Waals surface area contributed by atoms with E-state index in [1.165, 1.54) is 6.20 Å². The van der Waals surface area contributed by atoms with Crippen molar-refractivity contribution in [3.63, 3.8) is 0 Å². The molecule has 2 saturated carbocycles. The maximum absolute atomic E-state index is 12.7. The van der Waals surface area contributed by atoms with Crippen molar-refractivity contribution >= 4 is 45.0 Å². The lowest BCUT2D eigenvalue weighted by molar-refractivity contribution is 0.00359. The lowest BCUT2D eigenvalue weighted by atomic mass is 9.97. The number of hydrogen-bond acceptors (Lipinski definition) is 9. The number of sulfonamides is 1. The molecule has 7 rings (SSSR count). The Morgan fingerprint density at radius 2 is 1.84 bits per heavy atom. The SMILES string of the molecule is C[C@@H]1[C@@H]2C[C@@H](C[C@H]2OCc2c(-c3c(Cl)cccc3Cl)noc2C2CC2)N1c1ccc(C(=O)NS(=O)(=O)C2CCOCC2)cn1. The van der Waals surface area contributed by atoms with Crippen molar-refractivity contribution in [2.24, 2.45) is 5.92 Å². The molecule has 3 aromatic rings. The van der Waals surface area contributed by atoms with E-state index in [2.05, 4.69) is 26.7 Å². The number of hydrogen-bond donors (Lipinski definition) is 1. The molecule has 4 aliphatic rings. The minimum atomic E-state index is -3.78. The molecule has 10 nitrogen and oxygen atoms in total. The Balaban J connectivity index is 1.01. The number of aromatic nitrogens is 2. The van der Waals surface area contributed by atoms with Gasteiger partial charge in [0.25, 0.3) is 5.91 Å². The lowest BCUT2D eigenvalue weighted by Crippen LogP contribution is -2.45. The molecule has 2 saturated heterocycles. The average molecular weight is 662 g/mol. The highest BCUT2D eigenvalue weighted by molar-refractivity contribution is 7.90. The zero-order chi connectivity index (χ0) is 30.6. The van der Waals surface area contributed by atoms with Gasteiger partial charge in [0.1, 0.15) is 17.3 Å². The Morgan fingerprint density at radius 3 is 2.50 bits per heavy atom. The van der Waals surface area contributed by atoms with Crippen LogP contribution in [0.1, 0.15) is 73.0 Å². The predicted octanol–water partition coefficient (Wildman–Crippen LogP) is 5.73. The number of nitrogens with one attached hydrogen (secondary N) is 1. The largest absolute Gasteiger partial charge is 0.381 e. The van der Waals surface area contributed by atoms with Gasteiger partial charge in [-0.3, -0.25) is 4.79 Å². The quantitative estimate of drug-likeness (QED) is 0.306. The number of amides is 1. The first-order chi connectivity index (χ1) is 21.2. The van der Waals surface area contributed by atoms with Crippen molar-refractivity contribution in [2.75, 3.05) is 18.1 Å². The number of pyridine rings is 1. The van der Waals surface area contributed by atoms with Gasteiger partial charge in [-0.1, -0.05) is 34.4 Å². The summed E-state index contributed by atoms with van der Waals surface area (Å²) in [5, 5.41) is 4.80. The van der Waals surface area contributed by atoms with E-state index in [1.54, 1.807) is 24.3 Å². The Hall–Kier alpha value is -2.70. The predicted molar refractivity (Wildman–Crippen MR) is 165 cm³/mol. The number of piperidine rings is 1. The van der Waals surface area contributed by atoms with E-state index in [1.807, 2.05) is 6.07 Å². The van der Waals surface area contributed by atoms with Gasteiger partial charge < -0.3 is 18.9 Å². The van der Waals surface area contributed by atoms with Crippen molar-refractivity contribution < 1.29 is 27.2 Å². The second-order valence-corrected chi connectivity index (χ2v) is 15.0. The number of carbonyl (C=O) groups excluding carboxylic acids is 1. The second-order valence-electron chi connectivity index (χ2n) is 12.2. The van der Waals surface area contributed by atoms with Gasteiger partial charge in [-0.2, -0.15) is 0 Å². The molecular weight excluding hydrogens is 627 g/mol. The number of anilines is 1. The van der Waals surface area contributed by atoms with E-state index < -0.39 is 21.2 Å². The third-order valence-corrected chi connectivity index (χ3v) is 12.0. The van der Waals surface area contributed by atoms with Gasteiger partial charge >= 0.3 is 0 Å². The van der Waals surface area contributed by atoms with Gasteiger partial charge in [-0.25, -0.2) is 18.1 Å². The third kappa shape index (κ3) is 5.62. The highest BCUT2D eigenvalue weighted by atomic mass is 35.5. The van der Waals surface area contributed by atoms with Gasteiger partial charge in [0.2, 0.25) is 10.0 Å². The monoisotopic (exact) mass is 660 g/mol. The Kier molecular flexibility index (Phi) is 8.11. The maximum Gasteiger partial charge on any atom is 0.266 e. The first-order valence-corrected chi connectivity index (χ1v) is 17.4. The molecular formula is C31H34Cl2N4O6S. The van der Waals surface area contributed by atoms with Gasteiger partial charge in [-0.05, 0) is 69.7 Å². The molecule has 1 amide bonds. The van der Waals surface area contributed by atoms with Crippen molar-refractivity contribution in [2.45, 2.75) is 81.4 Å². The highest BCUT2D eigenvalue weighted by Crippen LogP contribution is 2.48. The van der Waals surface area contributed by atoms with Crippen LogP contribution in [0.3, 0.4) is 0 Å². The highest BCUT2D eigenvalue weighted by Gasteiger charge is 2.50. The van der Waals surface area contributed by atoms with Crippen LogP contribution in [0.2, 0.25) is 10.0 Å². The number of nitrogens with zero attached hydrogens (tertiary/aromatic N) is 3. The normalized spacial score (nSPS) is 25.5. The molecule has 4 atom stereocenters. The van der Waals surface area contributed by atoms with Crippen LogP contribution in [0.15, 0.2) is 41.1 Å². The molecule has 2 aliphatic heterocycles. The zero-order valence-electron chi connectivity index (χ0n) is 24.2. The molecule has 4 fully saturated rings. The van der Waals surface area contributed by atoms with E-state index >= 15 is 0 Å². The van der Waals surface area contributed by atoms with Gasteiger partial charge in [0, 0.05) is 54.5 Å². The third-order valence-electron chi connectivity index (χ3n) is 9.50. The molecule has 2 bridgehead atoms. The summed E-state index contributed by atoms with van der Waals surface area (Å²) in [4.78, 5) is 19.6. The summed E-state index contributed by atoms with van der Waals surface area (Å²) in [6, 6.07) is 9.25. The Labute approximate surface area is 266 Å². The zero-order valence-corrected chi connectivity index (χ0v) is 26.6. The fourth-order valence-corrected chi connectivity index (χ4v) is 8.97. The number of benzene rings is 1. The van der Waals surface area contributed by atoms with Crippen LogP contribution in [0, 0.1) is 5.92 Å². The topological polar surface area (TPSA) is 124 Å². The molecule has 2 aromatic heterocycles. The summed E-state index contributed by atoms with van der Waals surface area (Å²) in [5.74, 6) is 1.60. The van der Waals surface area contributed by atoms with Crippen LogP contribution in [0.25, 0.3) is 11.3 Å². The van der Waals surface area contributed by atoms with E-state index in [9.17, 15) is 13.2 Å². The average Bonchev–Trinajstić information content (AvgIpc) is 3.52. The Bertz CT molecular complexity index is 1630. The van der Waals surface area contributed by atoms with E-state index in [4.69, 9.17) is 37.2 Å². The fraction of sp³-hybridized carbons (Fsp3) is 0.516. The van der Waals surface area contributed by atoms with E-state index in [0.29, 0.717) is 65.8 Å². The van der Waals surface area contributed by atoms with Crippen LogP contribution in [-0.2, 0) is 26.1 Å². The van der Waals surface area contributed by atoms with Crippen LogP contribution >= 0.6 is 23.2 Å². The maximum atomic E-state index is 12.7. The van der Waals surface area contributed by atoms with Gasteiger partial charge in [0.15, 0.2) is 0 Å². The molecule has 1 N–H and O–H groups in total. The van der Waals surface area contributed by atoms with Crippen molar-refractivity contribution in [1.82, 2.24) is 14.9 Å². The number of rotatable bonds is 9. The summed E-state index contributed by atoms with van der Waals surface area (Å²) < 4.78 is 45.2. The number of fused-ring (bicyclic) bond motifs is 2. The second kappa shape index (κ2) is 11.9. The standard InChI is InChI=1S/C31H34Cl2N4O6S/c1-17-22-13-20(37(17)27-8-7-19(15-34-27)31(38)36-44(39,40)21-9-11-41-12-10-21)14-26(22)42-16-23-29(35-43-30(23)18-5-6-18)28-24(32)3-2-4-25(28)33/h2-4,7-8,15,17-18,20-22,26H,5-6,9-14,16H2,1H3,(H,36,38)/t17-,20+,22+,26-/m1/s1. The van der Waals surface area contributed by atoms with Crippen molar-refractivity contribution in [3.8, 4) is 11.3 Å². The van der Waals surface area contributed by atoms with Crippen LogP contribution in [0.5, 0.6) is 0 Å². The van der Waals surface area contributed by atoms with Crippen molar-refractivity contribution in [1.29, 1.82) is 0 Å². The van der Waals surface area contributed by atoms with Crippen LogP contribution in [0.4, 0.5) is 5.82 Å². The molecule has 2 aliphatic carbocycles. The van der Waals surface area contributed by atoms with Crippen LogP contribution in [-0.4, -0.2) is 61.1 Å². The number of halogens is 2. The van der Waals surface area contributed by atoms with Crippen molar-refractivity contribution in [3.05, 3.63) is 63.5 Å². The molecule has 234 valence electrons. The minimum Gasteiger partial charge on any atom is -0.381 e. The lowest BCUT2D eigenvalue weighted by Gasteiger charge is -2.38. The fourth-order valence-electron chi connectivity index (χ4n) is 7.04. The number of carbonyl (C=O) groups is 1. The molecule has 0 unspecified atom stereocenters. The molecule has 0 spiro atoms. The summed E-state index contributed by atoms with van der Waals surface area (Å²) in [5.41, 5.74) is 2.44. The summed E-state index contributed by atoms with van der Waals surface area (Å²) in [6.45, 7) is 3.29. The Morgan fingerprint density at radius 1 is 1.09 bits per heavy atom. The number of ether oxygens (including phenoxy) is 2. The van der Waals surface area contributed by atoms with Gasteiger partial charge in [0.05, 0.1) is 33.6 Å².